The molecule has 0 radical (unpaired) electrons. The standard InChI is InChI=1S/C24H27FN6O5S/c1-15-21(16(2)36-29-15)37(34,35)31-10-9-30(24(33)28-20-8-4-7-19(25)12-20)23(31)22(32)27-14-18-6-3-5-17(11-18)13-26/h3-8,11-12,23H,9-10,13-14,26H2,1-2H3,(H,27,32)(H,28,33). The zero-order valence-corrected chi connectivity index (χ0v) is 21.1. The molecule has 1 atom stereocenters. The smallest absolute Gasteiger partial charge is 0.323 e. The Bertz CT molecular complexity index is 1410. The Morgan fingerprint density at radius 2 is 1.86 bits per heavy atom. The average Bonchev–Trinajstić information content (AvgIpc) is 3.47. The molecule has 196 valence electrons. The van der Waals surface area contributed by atoms with E-state index in [1.807, 2.05) is 12.1 Å². The zero-order chi connectivity index (χ0) is 26.7. The number of nitrogens with two attached hydrogens (primary N) is 1. The highest BCUT2D eigenvalue weighted by Crippen LogP contribution is 2.29. The second kappa shape index (κ2) is 10.7. The van der Waals surface area contributed by atoms with Crippen molar-refractivity contribution in [2.45, 2.75) is 38.0 Å². The van der Waals surface area contributed by atoms with E-state index in [1.165, 1.54) is 32.0 Å². The van der Waals surface area contributed by atoms with E-state index in [4.69, 9.17) is 10.3 Å². The van der Waals surface area contributed by atoms with E-state index in [2.05, 4.69) is 15.8 Å². The van der Waals surface area contributed by atoms with Crippen LogP contribution in [0.3, 0.4) is 0 Å². The quantitative estimate of drug-likeness (QED) is 0.423. The van der Waals surface area contributed by atoms with Gasteiger partial charge in [0, 0.05) is 31.9 Å². The Hall–Kier alpha value is -3.81. The van der Waals surface area contributed by atoms with Crippen LogP contribution < -0.4 is 16.4 Å². The summed E-state index contributed by atoms with van der Waals surface area (Å²) in [6.07, 6.45) is -1.51. The molecule has 1 aliphatic heterocycles. The van der Waals surface area contributed by atoms with Gasteiger partial charge in [-0.15, -0.1) is 0 Å². The molecule has 1 saturated heterocycles. The first-order valence-electron chi connectivity index (χ1n) is 11.5. The summed E-state index contributed by atoms with van der Waals surface area (Å²) >= 11 is 0. The third-order valence-electron chi connectivity index (χ3n) is 5.93. The minimum atomic E-state index is -4.27. The molecule has 4 N–H and O–H groups in total. The van der Waals surface area contributed by atoms with Gasteiger partial charge in [-0.2, -0.15) is 4.31 Å². The van der Waals surface area contributed by atoms with Gasteiger partial charge in [-0.3, -0.25) is 9.69 Å². The van der Waals surface area contributed by atoms with Crippen molar-refractivity contribution in [2.75, 3.05) is 18.4 Å². The van der Waals surface area contributed by atoms with Crippen LogP contribution in [-0.2, 0) is 27.9 Å². The fourth-order valence-electron chi connectivity index (χ4n) is 4.21. The molecule has 1 fully saturated rings. The monoisotopic (exact) mass is 530 g/mol. The number of carbonyl (C=O) groups excluding carboxylic acids is 2. The van der Waals surface area contributed by atoms with E-state index >= 15 is 0 Å². The van der Waals surface area contributed by atoms with Gasteiger partial charge < -0.3 is 20.9 Å². The second-order valence-electron chi connectivity index (χ2n) is 8.52. The fourth-order valence-corrected chi connectivity index (χ4v) is 6.05. The highest BCUT2D eigenvalue weighted by atomic mass is 32.2. The molecular weight excluding hydrogens is 503 g/mol. The summed E-state index contributed by atoms with van der Waals surface area (Å²) in [6.45, 7) is 3.11. The van der Waals surface area contributed by atoms with Crippen molar-refractivity contribution in [3.63, 3.8) is 0 Å². The highest BCUT2D eigenvalue weighted by molar-refractivity contribution is 7.89. The number of aromatic nitrogens is 1. The van der Waals surface area contributed by atoms with Crippen molar-refractivity contribution in [3.8, 4) is 0 Å². The predicted molar refractivity (Wildman–Crippen MR) is 132 cm³/mol. The molecule has 2 aromatic carbocycles. The minimum absolute atomic E-state index is 0.0675. The molecule has 0 saturated carbocycles. The number of benzene rings is 2. The summed E-state index contributed by atoms with van der Waals surface area (Å²) in [5.74, 6) is -1.20. The predicted octanol–water partition coefficient (Wildman–Crippen LogP) is 2.07. The lowest BCUT2D eigenvalue weighted by molar-refractivity contribution is -0.127. The Labute approximate surface area is 213 Å². The summed E-state index contributed by atoms with van der Waals surface area (Å²) in [5, 5.41) is 8.96. The SMILES string of the molecule is Cc1noc(C)c1S(=O)(=O)N1CCN(C(=O)Nc2cccc(F)c2)C1C(=O)NCc1cccc(CN)c1. The Morgan fingerprint density at radius 3 is 2.54 bits per heavy atom. The number of nitrogens with one attached hydrogen (secondary N) is 2. The number of amides is 3. The van der Waals surface area contributed by atoms with Gasteiger partial charge in [0.15, 0.2) is 11.9 Å². The number of nitrogens with zero attached hydrogens (tertiary/aromatic N) is 3. The summed E-state index contributed by atoms with van der Waals surface area (Å²) in [4.78, 5) is 27.5. The Kier molecular flexibility index (Phi) is 7.57. The number of sulfonamides is 1. The van der Waals surface area contributed by atoms with E-state index < -0.39 is 33.9 Å². The van der Waals surface area contributed by atoms with E-state index in [0.717, 1.165) is 26.4 Å². The van der Waals surface area contributed by atoms with Gasteiger partial charge in [0.2, 0.25) is 0 Å². The van der Waals surface area contributed by atoms with Crippen LogP contribution in [-0.4, -0.2) is 54.0 Å². The zero-order valence-electron chi connectivity index (χ0n) is 20.3. The maximum absolute atomic E-state index is 13.6. The number of carbonyl (C=O) groups is 2. The van der Waals surface area contributed by atoms with Gasteiger partial charge in [0.1, 0.15) is 16.4 Å². The van der Waals surface area contributed by atoms with Crippen molar-refractivity contribution in [1.82, 2.24) is 19.7 Å². The maximum Gasteiger partial charge on any atom is 0.323 e. The number of rotatable bonds is 7. The van der Waals surface area contributed by atoms with Gasteiger partial charge >= 0.3 is 6.03 Å². The normalized spacial score (nSPS) is 16.1. The van der Waals surface area contributed by atoms with Crippen LogP contribution in [0.4, 0.5) is 14.9 Å². The van der Waals surface area contributed by atoms with Crippen LogP contribution in [0.5, 0.6) is 0 Å². The molecule has 0 spiro atoms. The van der Waals surface area contributed by atoms with Crippen molar-refractivity contribution in [3.05, 3.63) is 76.9 Å². The number of halogens is 1. The molecule has 2 heterocycles. The van der Waals surface area contributed by atoms with Gasteiger partial charge in [-0.25, -0.2) is 17.6 Å². The molecule has 4 rings (SSSR count). The largest absolute Gasteiger partial charge is 0.360 e. The molecule has 3 amide bonds. The first-order valence-corrected chi connectivity index (χ1v) is 12.9. The van der Waals surface area contributed by atoms with E-state index in [-0.39, 0.29) is 41.7 Å². The minimum Gasteiger partial charge on any atom is -0.360 e. The van der Waals surface area contributed by atoms with Crippen molar-refractivity contribution in [1.29, 1.82) is 0 Å². The van der Waals surface area contributed by atoms with Crippen LogP contribution in [0.15, 0.2) is 57.9 Å². The van der Waals surface area contributed by atoms with Crippen molar-refractivity contribution in [2.24, 2.45) is 5.73 Å². The molecule has 11 nitrogen and oxygen atoms in total. The van der Waals surface area contributed by atoms with Crippen molar-refractivity contribution < 1.29 is 26.9 Å². The van der Waals surface area contributed by atoms with E-state index in [1.54, 1.807) is 12.1 Å². The molecule has 3 aromatic rings. The first-order chi connectivity index (χ1) is 17.6. The topological polar surface area (TPSA) is 151 Å². The summed E-state index contributed by atoms with van der Waals surface area (Å²) < 4.78 is 46.8. The van der Waals surface area contributed by atoms with Crippen LogP contribution in [0.25, 0.3) is 0 Å². The van der Waals surface area contributed by atoms with Gasteiger partial charge in [0.05, 0.1) is 0 Å². The summed E-state index contributed by atoms with van der Waals surface area (Å²) in [6, 6.07) is 11.7. The number of aryl methyl sites for hydroxylation is 2. The molecular formula is C24H27FN6O5S. The summed E-state index contributed by atoms with van der Waals surface area (Å²) in [5.41, 5.74) is 7.61. The number of urea groups is 1. The Balaban J connectivity index is 1.63. The maximum atomic E-state index is 13.6. The third-order valence-corrected chi connectivity index (χ3v) is 8.03. The fraction of sp³-hybridized carbons (Fsp3) is 0.292. The third kappa shape index (κ3) is 5.48. The van der Waals surface area contributed by atoms with Crippen molar-refractivity contribution >= 4 is 27.6 Å². The van der Waals surface area contributed by atoms with E-state index in [9.17, 15) is 22.4 Å². The lowest BCUT2D eigenvalue weighted by Gasteiger charge is -2.28. The second-order valence-corrected chi connectivity index (χ2v) is 10.3. The Morgan fingerprint density at radius 1 is 1.14 bits per heavy atom. The van der Waals surface area contributed by atoms with Gasteiger partial charge in [-0.05, 0) is 43.2 Å². The highest BCUT2D eigenvalue weighted by Gasteiger charge is 2.48. The van der Waals surface area contributed by atoms with Gasteiger partial charge in [0.25, 0.3) is 15.9 Å². The molecule has 0 bridgehead atoms. The molecule has 0 aliphatic carbocycles. The average molecular weight is 531 g/mol. The molecule has 37 heavy (non-hydrogen) atoms. The molecule has 13 heteroatoms. The number of anilines is 1. The van der Waals surface area contributed by atoms with Crippen LogP contribution >= 0.6 is 0 Å². The van der Waals surface area contributed by atoms with Crippen LogP contribution in [0.2, 0.25) is 0 Å². The molecule has 1 unspecified atom stereocenters. The van der Waals surface area contributed by atoms with Crippen LogP contribution in [0, 0.1) is 19.7 Å². The first kappa shape index (κ1) is 26.3. The van der Waals surface area contributed by atoms with Gasteiger partial charge in [-0.1, -0.05) is 35.5 Å². The lowest BCUT2D eigenvalue weighted by Crippen LogP contribution is -2.54. The number of hydrogen-bond donors (Lipinski definition) is 3. The van der Waals surface area contributed by atoms with Crippen LogP contribution in [0.1, 0.15) is 22.6 Å². The number of hydrogen-bond acceptors (Lipinski definition) is 7. The lowest BCUT2D eigenvalue weighted by atomic mass is 10.1. The molecule has 1 aromatic heterocycles. The molecule has 1 aliphatic rings. The van der Waals surface area contributed by atoms with E-state index in [0.29, 0.717) is 6.54 Å². The summed E-state index contributed by atoms with van der Waals surface area (Å²) in [7, 11) is -4.27.